The van der Waals surface area contributed by atoms with Gasteiger partial charge in [0.2, 0.25) is 0 Å². The fourth-order valence-electron chi connectivity index (χ4n) is 2.34. The zero-order valence-electron chi connectivity index (χ0n) is 12.1. The number of fused-ring (bicyclic) bond motifs is 1. The highest BCUT2D eigenvalue weighted by Crippen LogP contribution is 2.23. The number of aromatic nitrogens is 2. The van der Waals surface area contributed by atoms with E-state index in [-0.39, 0.29) is 23.6 Å². The first kappa shape index (κ1) is 15.0. The summed E-state index contributed by atoms with van der Waals surface area (Å²) in [5.74, 6) is -2.74. The number of benzene rings is 1. The summed E-state index contributed by atoms with van der Waals surface area (Å²) in [6.45, 7) is 1.38. The van der Waals surface area contributed by atoms with Crippen LogP contribution in [0, 0.1) is 18.6 Å². The van der Waals surface area contributed by atoms with E-state index in [1.54, 1.807) is 25.3 Å². The second kappa shape index (κ2) is 5.68. The molecule has 3 aromatic rings. The molecule has 0 bridgehead atoms. The molecule has 0 amide bonds. The molecule has 7 heteroatoms. The van der Waals surface area contributed by atoms with Crippen molar-refractivity contribution in [2.24, 2.45) is 0 Å². The van der Waals surface area contributed by atoms with Crippen LogP contribution in [-0.2, 0) is 6.61 Å². The third-order valence-corrected chi connectivity index (χ3v) is 3.41. The van der Waals surface area contributed by atoms with E-state index in [9.17, 15) is 18.7 Å². The van der Waals surface area contributed by atoms with Crippen LogP contribution in [0.1, 0.15) is 21.7 Å². The maximum absolute atomic E-state index is 13.6. The highest BCUT2D eigenvalue weighted by Gasteiger charge is 2.18. The van der Waals surface area contributed by atoms with Crippen LogP contribution in [0.2, 0.25) is 0 Å². The van der Waals surface area contributed by atoms with Crippen molar-refractivity contribution in [2.45, 2.75) is 13.5 Å². The summed E-state index contributed by atoms with van der Waals surface area (Å²) in [5, 5.41) is 9.23. The van der Waals surface area contributed by atoms with E-state index in [1.165, 1.54) is 16.5 Å². The summed E-state index contributed by atoms with van der Waals surface area (Å²) >= 11 is 0. The van der Waals surface area contributed by atoms with E-state index in [2.05, 4.69) is 4.98 Å². The van der Waals surface area contributed by atoms with Gasteiger partial charge in [0.15, 0.2) is 28.7 Å². The monoisotopic (exact) mass is 318 g/mol. The number of imidazole rings is 1. The fourth-order valence-corrected chi connectivity index (χ4v) is 2.34. The van der Waals surface area contributed by atoms with E-state index in [1.807, 2.05) is 0 Å². The van der Waals surface area contributed by atoms with Gasteiger partial charge in [0, 0.05) is 11.8 Å². The number of ether oxygens (including phenoxy) is 1. The van der Waals surface area contributed by atoms with Gasteiger partial charge in [-0.25, -0.2) is 18.6 Å². The number of rotatable bonds is 4. The molecule has 0 spiro atoms. The van der Waals surface area contributed by atoms with E-state index < -0.39 is 17.6 Å². The molecule has 0 saturated carbocycles. The number of carboxylic acids is 1. The number of aryl methyl sites for hydroxylation is 1. The van der Waals surface area contributed by atoms with Gasteiger partial charge in [-0.3, -0.25) is 4.40 Å². The Morgan fingerprint density at radius 1 is 1.30 bits per heavy atom. The fraction of sp³-hybridized carbons (Fsp3) is 0.125. The maximum atomic E-state index is 13.6. The van der Waals surface area contributed by atoms with Crippen LogP contribution in [0.15, 0.2) is 36.5 Å². The first-order valence-corrected chi connectivity index (χ1v) is 6.75. The average molecular weight is 318 g/mol. The third kappa shape index (κ3) is 2.61. The highest BCUT2D eigenvalue weighted by atomic mass is 19.2. The predicted molar refractivity (Wildman–Crippen MR) is 77.6 cm³/mol. The second-order valence-electron chi connectivity index (χ2n) is 4.92. The molecule has 0 saturated heterocycles. The Balaban J connectivity index is 1.96. The van der Waals surface area contributed by atoms with E-state index in [0.717, 1.165) is 6.07 Å². The third-order valence-electron chi connectivity index (χ3n) is 3.41. The Hall–Kier alpha value is -2.96. The summed E-state index contributed by atoms with van der Waals surface area (Å²) in [7, 11) is 0. The number of pyridine rings is 1. The molecule has 23 heavy (non-hydrogen) atoms. The van der Waals surface area contributed by atoms with Crippen LogP contribution < -0.4 is 4.74 Å². The van der Waals surface area contributed by atoms with Crippen LogP contribution in [0.4, 0.5) is 8.78 Å². The standard InChI is InChI=1S/C16H12F2N2O3/c1-9-14(16(21)22)20-7-3-6-12(15(20)19-9)23-8-10-4-2-5-11(17)13(10)18/h2-7H,8H2,1H3,(H,21,22). The van der Waals surface area contributed by atoms with Gasteiger partial charge < -0.3 is 9.84 Å². The molecule has 3 rings (SSSR count). The lowest BCUT2D eigenvalue weighted by Gasteiger charge is -2.08. The van der Waals surface area contributed by atoms with Crippen LogP contribution in [0.5, 0.6) is 5.75 Å². The minimum Gasteiger partial charge on any atom is -0.485 e. The first-order valence-electron chi connectivity index (χ1n) is 6.75. The zero-order chi connectivity index (χ0) is 16.6. The number of hydrogen-bond acceptors (Lipinski definition) is 3. The van der Waals surface area contributed by atoms with Crippen molar-refractivity contribution in [1.29, 1.82) is 0 Å². The lowest BCUT2D eigenvalue weighted by Crippen LogP contribution is -2.04. The van der Waals surface area contributed by atoms with Crippen molar-refractivity contribution >= 4 is 11.6 Å². The Bertz CT molecular complexity index is 906. The van der Waals surface area contributed by atoms with Crippen molar-refractivity contribution in [2.75, 3.05) is 0 Å². The molecule has 118 valence electrons. The van der Waals surface area contributed by atoms with Gasteiger partial charge in [0.05, 0.1) is 5.69 Å². The largest absolute Gasteiger partial charge is 0.485 e. The number of carbonyl (C=O) groups is 1. The number of carboxylic acid groups (broad SMARTS) is 1. The quantitative estimate of drug-likeness (QED) is 0.802. The van der Waals surface area contributed by atoms with E-state index in [0.29, 0.717) is 11.3 Å². The average Bonchev–Trinajstić information content (AvgIpc) is 2.85. The molecular weight excluding hydrogens is 306 g/mol. The van der Waals surface area contributed by atoms with E-state index >= 15 is 0 Å². The van der Waals surface area contributed by atoms with Crippen LogP contribution in [0.3, 0.4) is 0 Å². The van der Waals surface area contributed by atoms with Crippen LogP contribution in [-0.4, -0.2) is 20.5 Å². The molecule has 0 fully saturated rings. The Kier molecular flexibility index (Phi) is 3.69. The molecule has 2 heterocycles. The predicted octanol–water partition coefficient (Wildman–Crippen LogP) is 3.20. The molecule has 2 aromatic heterocycles. The Labute approximate surface area is 129 Å². The van der Waals surface area contributed by atoms with Gasteiger partial charge in [0.1, 0.15) is 6.61 Å². The lowest BCUT2D eigenvalue weighted by atomic mass is 10.2. The van der Waals surface area contributed by atoms with E-state index in [4.69, 9.17) is 4.74 Å². The SMILES string of the molecule is Cc1nc2c(OCc3cccc(F)c3F)cccn2c1C(=O)O. The van der Waals surface area contributed by atoms with Crippen LogP contribution in [0.25, 0.3) is 5.65 Å². The van der Waals surface area contributed by atoms with Crippen molar-refractivity contribution in [3.8, 4) is 5.75 Å². The molecule has 0 aliphatic rings. The van der Waals surface area contributed by atoms with Crippen molar-refractivity contribution < 1.29 is 23.4 Å². The molecule has 0 unspecified atom stereocenters. The summed E-state index contributed by atoms with van der Waals surface area (Å²) in [5.41, 5.74) is 0.737. The van der Waals surface area contributed by atoms with Crippen molar-refractivity contribution in [1.82, 2.24) is 9.38 Å². The van der Waals surface area contributed by atoms with Crippen LogP contribution >= 0.6 is 0 Å². The molecule has 1 N–H and O–H groups in total. The molecule has 0 aliphatic carbocycles. The molecule has 1 aromatic carbocycles. The topological polar surface area (TPSA) is 63.8 Å². The zero-order valence-corrected chi connectivity index (χ0v) is 12.1. The molecular formula is C16H12F2N2O3. The number of halogens is 2. The van der Waals surface area contributed by atoms with Gasteiger partial charge in [0.25, 0.3) is 0 Å². The summed E-state index contributed by atoms with van der Waals surface area (Å²) < 4.78 is 33.7. The summed E-state index contributed by atoms with van der Waals surface area (Å²) in [4.78, 5) is 15.5. The van der Waals surface area contributed by atoms with Crippen molar-refractivity contribution in [3.05, 3.63) is 65.1 Å². The summed E-state index contributed by atoms with van der Waals surface area (Å²) in [6.07, 6.45) is 1.55. The Morgan fingerprint density at radius 3 is 2.83 bits per heavy atom. The van der Waals surface area contributed by atoms with Gasteiger partial charge in [-0.1, -0.05) is 12.1 Å². The first-order chi connectivity index (χ1) is 11.0. The molecule has 5 nitrogen and oxygen atoms in total. The normalized spacial score (nSPS) is 10.9. The maximum Gasteiger partial charge on any atom is 0.354 e. The number of aromatic carboxylic acids is 1. The number of hydrogen-bond donors (Lipinski definition) is 1. The lowest BCUT2D eigenvalue weighted by molar-refractivity contribution is 0.0688. The minimum absolute atomic E-state index is 0.0300. The summed E-state index contributed by atoms with van der Waals surface area (Å²) in [6, 6.07) is 7.01. The number of nitrogens with zero attached hydrogens (tertiary/aromatic N) is 2. The van der Waals surface area contributed by atoms with Gasteiger partial charge >= 0.3 is 5.97 Å². The second-order valence-corrected chi connectivity index (χ2v) is 4.92. The van der Waals surface area contributed by atoms with Crippen molar-refractivity contribution in [3.63, 3.8) is 0 Å². The molecule has 0 aliphatic heterocycles. The Morgan fingerprint density at radius 2 is 2.09 bits per heavy atom. The smallest absolute Gasteiger partial charge is 0.354 e. The van der Waals surface area contributed by atoms with Gasteiger partial charge in [-0.05, 0) is 25.1 Å². The molecule has 0 radical (unpaired) electrons. The van der Waals surface area contributed by atoms with Gasteiger partial charge in [-0.2, -0.15) is 0 Å². The van der Waals surface area contributed by atoms with Gasteiger partial charge in [-0.15, -0.1) is 0 Å². The minimum atomic E-state index is -1.11. The highest BCUT2D eigenvalue weighted by molar-refractivity contribution is 5.88. The molecule has 0 atom stereocenters.